The van der Waals surface area contributed by atoms with E-state index in [-0.39, 0.29) is 5.91 Å². The third-order valence-electron chi connectivity index (χ3n) is 6.60. The van der Waals surface area contributed by atoms with Gasteiger partial charge in [0.1, 0.15) is 11.5 Å². The fourth-order valence-electron chi connectivity index (χ4n) is 4.55. The molecule has 0 saturated heterocycles. The van der Waals surface area contributed by atoms with E-state index < -0.39 is 0 Å². The molecular formula is C30H37N5O5. The van der Waals surface area contributed by atoms with Gasteiger partial charge in [0.2, 0.25) is 5.91 Å². The van der Waals surface area contributed by atoms with Crippen molar-refractivity contribution >= 4 is 11.7 Å². The van der Waals surface area contributed by atoms with Gasteiger partial charge in [0, 0.05) is 36.0 Å². The number of carbonyl (C=O) groups is 1. The van der Waals surface area contributed by atoms with Gasteiger partial charge in [0.05, 0.1) is 27.4 Å². The van der Waals surface area contributed by atoms with Gasteiger partial charge < -0.3 is 24.3 Å². The summed E-state index contributed by atoms with van der Waals surface area (Å²) in [4.78, 5) is 22.0. The first kappa shape index (κ1) is 28.7. The lowest BCUT2D eigenvalue weighted by Crippen LogP contribution is -2.26. The number of benzene rings is 2. The molecule has 212 valence electrons. The summed E-state index contributed by atoms with van der Waals surface area (Å²) >= 11 is 0. The van der Waals surface area contributed by atoms with Crippen molar-refractivity contribution in [2.24, 2.45) is 0 Å². The van der Waals surface area contributed by atoms with Crippen LogP contribution in [0.25, 0.3) is 17.2 Å². The van der Waals surface area contributed by atoms with Gasteiger partial charge in [-0.3, -0.25) is 4.79 Å². The normalized spacial score (nSPS) is 10.9. The summed E-state index contributed by atoms with van der Waals surface area (Å²) in [6, 6.07) is 11.4. The lowest BCUT2D eigenvalue weighted by atomic mass is 10.1. The maximum Gasteiger partial charge on any atom is 0.253 e. The number of carbonyl (C=O) groups excluding carboxylic acids is 1. The molecule has 40 heavy (non-hydrogen) atoms. The lowest BCUT2D eigenvalue weighted by Gasteiger charge is -2.13. The van der Waals surface area contributed by atoms with Crippen LogP contribution in [0.2, 0.25) is 0 Å². The molecule has 0 atom stereocenters. The van der Waals surface area contributed by atoms with Gasteiger partial charge in [-0.1, -0.05) is 6.07 Å². The number of hydrogen-bond acceptors (Lipinski definition) is 8. The number of rotatable bonds is 13. The predicted molar refractivity (Wildman–Crippen MR) is 153 cm³/mol. The highest BCUT2D eigenvalue weighted by Gasteiger charge is 2.17. The van der Waals surface area contributed by atoms with Gasteiger partial charge >= 0.3 is 0 Å². The van der Waals surface area contributed by atoms with Crippen LogP contribution in [0.1, 0.15) is 42.8 Å². The lowest BCUT2D eigenvalue weighted by molar-refractivity contribution is -0.121. The van der Waals surface area contributed by atoms with E-state index in [0.717, 1.165) is 39.6 Å². The molecule has 0 bridgehead atoms. The van der Waals surface area contributed by atoms with Gasteiger partial charge in [0.25, 0.3) is 5.78 Å². The van der Waals surface area contributed by atoms with E-state index in [2.05, 4.69) is 15.3 Å². The number of amides is 1. The van der Waals surface area contributed by atoms with Gasteiger partial charge in [0.15, 0.2) is 17.3 Å². The summed E-state index contributed by atoms with van der Waals surface area (Å²) in [6.45, 7) is 9.47. The highest BCUT2D eigenvalue weighted by molar-refractivity contribution is 5.76. The molecular weight excluding hydrogens is 510 g/mol. The summed E-state index contributed by atoms with van der Waals surface area (Å²) in [7, 11) is 3.21. The number of methoxy groups -OCH3 is 2. The van der Waals surface area contributed by atoms with Crippen LogP contribution < -0.4 is 24.3 Å². The molecule has 4 rings (SSSR count). The van der Waals surface area contributed by atoms with Crippen molar-refractivity contribution in [3.05, 3.63) is 58.9 Å². The Morgan fingerprint density at radius 2 is 1.60 bits per heavy atom. The molecule has 10 heteroatoms. The van der Waals surface area contributed by atoms with E-state index in [1.165, 1.54) is 0 Å². The molecule has 10 nitrogen and oxygen atoms in total. The first-order valence-electron chi connectivity index (χ1n) is 13.5. The number of hydrogen-bond donors (Lipinski definition) is 1. The van der Waals surface area contributed by atoms with Crippen LogP contribution in [0.4, 0.5) is 0 Å². The van der Waals surface area contributed by atoms with Gasteiger partial charge in [-0.25, -0.2) is 9.50 Å². The fraction of sp³-hybridized carbons (Fsp3) is 0.400. The molecule has 2 aromatic carbocycles. The molecule has 2 aromatic heterocycles. The first-order chi connectivity index (χ1) is 19.4. The topological polar surface area (TPSA) is 109 Å². The van der Waals surface area contributed by atoms with Crippen molar-refractivity contribution in [1.82, 2.24) is 24.9 Å². The second kappa shape index (κ2) is 13.1. The molecule has 0 fully saturated rings. The minimum absolute atomic E-state index is 0.0161. The maximum absolute atomic E-state index is 12.7. The molecule has 0 aliphatic carbocycles. The molecule has 1 amide bonds. The summed E-state index contributed by atoms with van der Waals surface area (Å²) in [5, 5.41) is 7.72. The number of aryl methyl sites for hydroxylation is 2. The molecule has 1 N–H and O–H groups in total. The molecule has 0 aliphatic heterocycles. The molecule has 0 aliphatic rings. The van der Waals surface area contributed by atoms with Gasteiger partial charge in [-0.15, -0.1) is 5.10 Å². The smallest absolute Gasteiger partial charge is 0.253 e. The van der Waals surface area contributed by atoms with E-state index >= 15 is 0 Å². The summed E-state index contributed by atoms with van der Waals surface area (Å²) in [6.07, 6.45) is 1.59. The highest BCUT2D eigenvalue weighted by Crippen LogP contribution is 2.30. The average Bonchev–Trinajstić information content (AvgIpc) is 3.38. The molecule has 0 radical (unpaired) electrons. The largest absolute Gasteiger partial charge is 0.497 e. The minimum Gasteiger partial charge on any atom is -0.497 e. The van der Waals surface area contributed by atoms with Crippen LogP contribution in [-0.2, 0) is 17.6 Å². The Morgan fingerprint density at radius 1 is 0.900 bits per heavy atom. The molecule has 0 saturated carbocycles. The van der Waals surface area contributed by atoms with Crippen molar-refractivity contribution in [3.8, 4) is 34.4 Å². The van der Waals surface area contributed by atoms with E-state index in [0.29, 0.717) is 62.1 Å². The van der Waals surface area contributed by atoms with Crippen LogP contribution in [0.5, 0.6) is 23.0 Å². The van der Waals surface area contributed by atoms with Crippen molar-refractivity contribution in [3.63, 3.8) is 0 Å². The van der Waals surface area contributed by atoms with Crippen molar-refractivity contribution in [2.45, 2.75) is 47.0 Å². The standard InChI is InChI=1S/C30H37N5O5/c1-7-39-26-11-9-21(15-27(26)40-8-2)13-14-31-28(36)12-10-25-19(3)32-30-33-29(34-35(30)20(25)4)22-16-23(37-5)18-24(17-22)38-6/h9,11,15-18H,7-8,10,12-14H2,1-6H3,(H,31,36). The minimum atomic E-state index is -0.0161. The number of aromatic nitrogens is 4. The third-order valence-corrected chi connectivity index (χ3v) is 6.60. The van der Waals surface area contributed by atoms with Crippen LogP contribution in [0.15, 0.2) is 36.4 Å². The second-order valence-corrected chi connectivity index (χ2v) is 9.26. The monoisotopic (exact) mass is 547 g/mol. The number of nitrogens with one attached hydrogen (secondary N) is 1. The Labute approximate surface area is 234 Å². The summed E-state index contributed by atoms with van der Waals surface area (Å²) in [5.41, 5.74) is 4.56. The Hall–Kier alpha value is -4.34. The van der Waals surface area contributed by atoms with Crippen LogP contribution in [0, 0.1) is 13.8 Å². The van der Waals surface area contributed by atoms with E-state index in [9.17, 15) is 4.79 Å². The maximum atomic E-state index is 12.7. The van der Waals surface area contributed by atoms with Crippen LogP contribution in [0.3, 0.4) is 0 Å². The number of nitrogens with zero attached hydrogens (tertiary/aromatic N) is 4. The molecule has 2 heterocycles. The van der Waals surface area contributed by atoms with Crippen molar-refractivity contribution < 1.29 is 23.7 Å². The Morgan fingerprint density at radius 3 is 2.27 bits per heavy atom. The first-order valence-corrected chi connectivity index (χ1v) is 13.5. The molecule has 4 aromatic rings. The zero-order chi connectivity index (χ0) is 28.6. The van der Waals surface area contributed by atoms with Crippen molar-refractivity contribution in [1.29, 1.82) is 0 Å². The molecule has 0 spiro atoms. The Balaban J connectivity index is 1.40. The van der Waals surface area contributed by atoms with E-state index in [1.807, 2.05) is 58.0 Å². The van der Waals surface area contributed by atoms with Gasteiger partial charge in [-0.05, 0) is 75.9 Å². The molecule has 0 unspecified atom stereocenters. The number of fused-ring (bicyclic) bond motifs is 1. The van der Waals surface area contributed by atoms with Crippen molar-refractivity contribution in [2.75, 3.05) is 34.0 Å². The number of ether oxygens (including phenoxy) is 4. The van der Waals surface area contributed by atoms with Crippen LogP contribution in [-0.4, -0.2) is 59.5 Å². The predicted octanol–water partition coefficient (Wildman–Crippen LogP) is 4.51. The van der Waals surface area contributed by atoms with E-state index in [1.54, 1.807) is 24.8 Å². The quantitative estimate of drug-likeness (QED) is 0.260. The second-order valence-electron chi connectivity index (χ2n) is 9.26. The summed E-state index contributed by atoms with van der Waals surface area (Å²) in [5.74, 6) is 3.76. The zero-order valence-corrected chi connectivity index (χ0v) is 24.0. The Bertz CT molecular complexity index is 1460. The average molecular weight is 548 g/mol. The zero-order valence-electron chi connectivity index (χ0n) is 24.0. The third kappa shape index (κ3) is 6.62. The fourth-order valence-corrected chi connectivity index (χ4v) is 4.55. The van der Waals surface area contributed by atoms with E-state index in [4.69, 9.17) is 24.0 Å². The Kier molecular flexibility index (Phi) is 9.42. The van der Waals surface area contributed by atoms with Crippen LogP contribution >= 0.6 is 0 Å². The SMILES string of the molecule is CCOc1ccc(CCNC(=O)CCc2c(C)nc3nc(-c4cc(OC)cc(OC)c4)nn3c2C)cc1OCC. The van der Waals surface area contributed by atoms with Gasteiger partial charge in [-0.2, -0.15) is 4.98 Å². The summed E-state index contributed by atoms with van der Waals surface area (Å²) < 4.78 is 23.8. The highest BCUT2D eigenvalue weighted by atomic mass is 16.5.